The first-order valence-corrected chi connectivity index (χ1v) is 11.6. The van der Waals surface area contributed by atoms with E-state index in [-0.39, 0.29) is 19.5 Å². The molecule has 8 nitrogen and oxygen atoms in total. The third-order valence-electron chi connectivity index (χ3n) is 5.07. The van der Waals surface area contributed by atoms with Crippen LogP contribution in [0.3, 0.4) is 0 Å². The maximum absolute atomic E-state index is 13.4. The second-order valence-corrected chi connectivity index (χ2v) is 10.8. The van der Waals surface area contributed by atoms with E-state index in [1.165, 1.54) is 4.90 Å². The lowest BCUT2D eigenvalue weighted by Gasteiger charge is -2.35. The summed E-state index contributed by atoms with van der Waals surface area (Å²) in [4.78, 5) is 39.9. The third-order valence-corrected chi connectivity index (χ3v) is 5.32. The Morgan fingerprint density at radius 2 is 1.79 bits per heavy atom. The largest absolute Gasteiger partial charge is 0.444 e. The second kappa shape index (κ2) is 11.1. The molecule has 1 aromatic carbocycles. The lowest BCUT2D eigenvalue weighted by molar-refractivity contribution is -0.142. The summed E-state index contributed by atoms with van der Waals surface area (Å²) in [5, 5.41) is 16.2. The molecule has 0 saturated carbocycles. The van der Waals surface area contributed by atoms with Gasteiger partial charge in [0, 0.05) is 23.6 Å². The van der Waals surface area contributed by atoms with E-state index in [1.807, 2.05) is 0 Å². The van der Waals surface area contributed by atoms with Crippen LogP contribution in [-0.4, -0.2) is 64.8 Å². The number of rotatable bonds is 4. The Labute approximate surface area is 206 Å². The van der Waals surface area contributed by atoms with Gasteiger partial charge in [0.2, 0.25) is 11.8 Å². The maximum atomic E-state index is 13.4. The first kappa shape index (κ1) is 27.5. The molecule has 1 aliphatic rings. The van der Waals surface area contributed by atoms with Crippen LogP contribution in [0.25, 0.3) is 0 Å². The molecule has 34 heavy (non-hydrogen) atoms. The minimum absolute atomic E-state index is 0.00402. The molecule has 3 amide bonds. The molecule has 0 spiro atoms. The Bertz CT molecular complexity index is 954. The average Bonchev–Trinajstić information content (AvgIpc) is 3.10. The molecule has 1 aliphatic heterocycles. The number of carbonyl (C=O) groups is 3. The molecule has 0 radical (unpaired) electrons. The van der Waals surface area contributed by atoms with Crippen molar-refractivity contribution in [3.05, 3.63) is 34.9 Å². The van der Waals surface area contributed by atoms with Gasteiger partial charge in [-0.2, -0.15) is 0 Å². The minimum atomic E-state index is -0.951. The van der Waals surface area contributed by atoms with E-state index in [4.69, 9.17) is 16.3 Å². The van der Waals surface area contributed by atoms with Crippen LogP contribution in [0, 0.1) is 17.3 Å². The van der Waals surface area contributed by atoms with E-state index < -0.39 is 47.1 Å². The van der Waals surface area contributed by atoms with Crippen LogP contribution in [0.4, 0.5) is 4.79 Å². The van der Waals surface area contributed by atoms with E-state index in [0.29, 0.717) is 5.02 Å². The Balaban J connectivity index is 2.08. The van der Waals surface area contributed by atoms with E-state index in [9.17, 15) is 19.5 Å². The Hall–Kier alpha value is -2.76. The summed E-state index contributed by atoms with van der Waals surface area (Å²) >= 11 is 5.86. The van der Waals surface area contributed by atoms with Crippen molar-refractivity contribution in [2.45, 2.75) is 71.8 Å². The van der Waals surface area contributed by atoms with Gasteiger partial charge in [-0.1, -0.05) is 44.2 Å². The van der Waals surface area contributed by atoms with Gasteiger partial charge < -0.3 is 25.4 Å². The zero-order chi connectivity index (χ0) is 25.7. The van der Waals surface area contributed by atoms with Gasteiger partial charge in [0.15, 0.2) is 0 Å². The molecule has 0 bridgehead atoms. The highest BCUT2D eigenvalue weighted by Crippen LogP contribution is 2.26. The lowest BCUT2D eigenvalue weighted by Crippen LogP contribution is -2.58. The zero-order valence-corrected chi connectivity index (χ0v) is 21.3. The van der Waals surface area contributed by atoms with E-state index >= 15 is 0 Å². The van der Waals surface area contributed by atoms with Gasteiger partial charge in [0.05, 0.1) is 12.6 Å². The van der Waals surface area contributed by atoms with E-state index in [0.717, 1.165) is 5.56 Å². The summed E-state index contributed by atoms with van der Waals surface area (Å²) in [6.07, 6.45) is -1.47. The van der Waals surface area contributed by atoms with E-state index in [1.54, 1.807) is 65.8 Å². The van der Waals surface area contributed by atoms with Crippen molar-refractivity contribution in [2.75, 3.05) is 13.1 Å². The number of ether oxygens (including phenoxy) is 1. The molecule has 3 atom stereocenters. The van der Waals surface area contributed by atoms with Gasteiger partial charge in [-0.25, -0.2) is 4.79 Å². The van der Waals surface area contributed by atoms with Gasteiger partial charge in [-0.05, 0) is 50.5 Å². The Morgan fingerprint density at radius 3 is 2.35 bits per heavy atom. The van der Waals surface area contributed by atoms with Crippen LogP contribution in [0.15, 0.2) is 24.3 Å². The van der Waals surface area contributed by atoms with Crippen LogP contribution in [0.2, 0.25) is 5.02 Å². The van der Waals surface area contributed by atoms with Gasteiger partial charge in [0.25, 0.3) is 0 Å². The highest BCUT2D eigenvalue weighted by molar-refractivity contribution is 6.30. The molecule has 186 valence electrons. The topological polar surface area (TPSA) is 108 Å². The molecule has 1 saturated heterocycles. The SMILES string of the molecule is CC(C)(C)OC(=O)N[C@H](C(=O)N1C[C@H](O)C[C@H]1C(=O)NCC#Cc1ccc(Cl)cc1)C(C)(C)C. The minimum Gasteiger partial charge on any atom is -0.444 e. The van der Waals surface area contributed by atoms with Crippen LogP contribution in [0.1, 0.15) is 53.5 Å². The molecule has 1 aromatic rings. The predicted octanol–water partition coefficient (Wildman–Crippen LogP) is 2.71. The molecule has 0 aromatic heterocycles. The van der Waals surface area contributed by atoms with Crippen LogP contribution in [0.5, 0.6) is 0 Å². The number of nitrogens with one attached hydrogen (secondary N) is 2. The molecule has 0 unspecified atom stereocenters. The van der Waals surface area contributed by atoms with Crippen molar-refractivity contribution in [1.29, 1.82) is 0 Å². The van der Waals surface area contributed by atoms with Crippen LogP contribution in [-0.2, 0) is 14.3 Å². The Kier molecular flexibility index (Phi) is 8.98. The first-order valence-electron chi connectivity index (χ1n) is 11.2. The number of hydrogen-bond donors (Lipinski definition) is 3. The summed E-state index contributed by atoms with van der Waals surface area (Å²) in [6, 6.07) is 5.18. The smallest absolute Gasteiger partial charge is 0.408 e. The maximum Gasteiger partial charge on any atom is 0.408 e. The molecule has 3 N–H and O–H groups in total. The monoisotopic (exact) mass is 491 g/mol. The number of likely N-dealkylation sites (tertiary alicyclic amines) is 1. The normalized spacial score (nSPS) is 19.0. The summed E-state index contributed by atoms with van der Waals surface area (Å²) < 4.78 is 5.31. The highest BCUT2D eigenvalue weighted by atomic mass is 35.5. The standard InChI is InChI=1S/C25H34ClN3O5/c1-24(2,3)20(28-23(33)34-25(4,5)6)22(32)29-15-18(30)14-19(29)21(31)27-13-7-8-16-9-11-17(26)12-10-16/h9-12,18-20,30H,13-15H2,1-6H3,(H,27,31)(H,28,33)/t18-,19+,20-/m1/s1. The number of nitrogens with zero attached hydrogens (tertiary/aromatic N) is 1. The summed E-state index contributed by atoms with van der Waals surface area (Å²) in [5.74, 6) is 4.91. The van der Waals surface area contributed by atoms with Crippen molar-refractivity contribution in [2.24, 2.45) is 5.41 Å². The molecule has 9 heteroatoms. The molecule has 0 aliphatic carbocycles. The summed E-state index contributed by atoms with van der Waals surface area (Å²) in [6.45, 7) is 10.7. The lowest BCUT2D eigenvalue weighted by atomic mass is 9.85. The van der Waals surface area contributed by atoms with Crippen LogP contribution >= 0.6 is 11.6 Å². The fraction of sp³-hybridized carbons (Fsp3) is 0.560. The second-order valence-electron chi connectivity index (χ2n) is 10.4. The Morgan fingerprint density at radius 1 is 1.18 bits per heavy atom. The molecular formula is C25H34ClN3O5. The molecule has 2 rings (SSSR count). The molecular weight excluding hydrogens is 458 g/mol. The van der Waals surface area contributed by atoms with Gasteiger partial charge in [-0.15, -0.1) is 0 Å². The van der Waals surface area contributed by atoms with Crippen LogP contribution < -0.4 is 10.6 Å². The third kappa shape index (κ3) is 8.23. The number of aliphatic hydroxyl groups is 1. The van der Waals surface area contributed by atoms with Crippen molar-refractivity contribution >= 4 is 29.5 Å². The summed E-state index contributed by atoms with van der Waals surface area (Å²) in [7, 11) is 0. The zero-order valence-electron chi connectivity index (χ0n) is 20.6. The number of alkyl carbamates (subject to hydrolysis) is 1. The quantitative estimate of drug-likeness (QED) is 0.561. The molecule has 1 fully saturated rings. The van der Waals surface area contributed by atoms with E-state index in [2.05, 4.69) is 22.5 Å². The van der Waals surface area contributed by atoms with Gasteiger partial charge in [-0.3, -0.25) is 9.59 Å². The summed E-state index contributed by atoms with van der Waals surface area (Å²) in [5.41, 5.74) is -0.630. The van der Waals surface area contributed by atoms with Gasteiger partial charge in [0.1, 0.15) is 17.7 Å². The predicted molar refractivity (Wildman–Crippen MR) is 130 cm³/mol. The number of carbonyl (C=O) groups excluding carboxylic acids is 3. The van der Waals surface area contributed by atoms with Crippen molar-refractivity contribution in [1.82, 2.24) is 15.5 Å². The van der Waals surface area contributed by atoms with Crippen molar-refractivity contribution in [3.63, 3.8) is 0 Å². The van der Waals surface area contributed by atoms with Crippen molar-refractivity contribution in [3.8, 4) is 11.8 Å². The number of hydrogen-bond acceptors (Lipinski definition) is 5. The number of halogens is 1. The average molecular weight is 492 g/mol. The first-order chi connectivity index (χ1) is 15.7. The van der Waals surface area contributed by atoms with Crippen molar-refractivity contribution < 1.29 is 24.2 Å². The highest BCUT2D eigenvalue weighted by Gasteiger charge is 2.44. The van der Waals surface area contributed by atoms with Gasteiger partial charge >= 0.3 is 6.09 Å². The number of benzene rings is 1. The fourth-order valence-corrected chi connectivity index (χ4v) is 3.60. The number of amides is 3. The number of aliphatic hydroxyl groups excluding tert-OH is 1. The fourth-order valence-electron chi connectivity index (χ4n) is 3.47. The molecule has 1 heterocycles. The number of β-amino-alcohol motifs (C(OH)–C–C–N with tert-alkyl or cyclic N) is 1.